The third kappa shape index (κ3) is 4.51. The van der Waals surface area contributed by atoms with E-state index in [-0.39, 0.29) is 15.7 Å². The minimum atomic E-state index is -0.567. The van der Waals surface area contributed by atoms with Gasteiger partial charge in [-0.15, -0.1) is 0 Å². The van der Waals surface area contributed by atoms with Gasteiger partial charge in [0.1, 0.15) is 10.9 Å². The van der Waals surface area contributed by atoms with Gasteiger partial charge in [0.05, 0.1) is 10.6 Å². The molecule has 3 nitrogen and oxygen atoms in total. The highest BCUT2D eigenvalue weighted by Gasteiger charge is 2.14. The predicted molar refractivity (Wildman–Crippen MR) is 99.9 cm³/mol. The quantitative estimate of drug-likeness (QED) is 0.317. The lowest BCUT2D eigenvalue weighted by Crippen LogP contribution is -2.10. The summed E-state index contributed by atoms with van der Waals surface area (Å²) < 4.78 is 5.51. The number of ether oxygens (including phenoxy) is 1. The zero-order valence-electron chi connectivity index (χ0n) is 12.9. The number of halogens is 3. The molecule has 126 valence electrons. The van der Waals surface area contributed by atoms with Gasteiger partial charge in [-0.1, -0.05) is 65.1 Å². The summed E-state index contributed by atoms with van der Waals surface area (Å²) in [5, 5.41) is 0.896. The largest absolute Gasteiger partial charge is 0.423 e. The molecule has 0 aliphatic carbocycles. The minimum Gasteiger partial charge on any atom is -0.423 e. The van der Waals surface area contributed by atoms with Crippen LogP contribution in [-0.4, -0.2) is 11.0 Å². The second-order valence-corrected chi connectivity index (χ2v) is 6.50. The van der Waals surface area contributed by atoms with E-state index in [2.05, 4.69) is 4.98 Å². The Bertz CT molecular complexity index is 914. The SMILES string of the molecule is O=C(Oc1ccc(Cl)cc1Cc1ccccc1)c1cnc(Cl)c(Cl)c1. The molecule has 0 unspecified atom stereocenters. The summed E-state index contributed by atoms with van der Waals surface area (Å²) in [5.74, 6) is -0.132. The Morgan fingerprint density at radius 3 is 2.48 bits per heavy atom. The maximum Gasteiger partial charge on any atom is 0.345 e. The summed E-state index contributed by atoms with van der Waals surface area (Å²) >= 11 is 17.8. The van der Waals surface area contributed by atoms with Crippen molar-refractivity contribution in [2.75, 3.05) is 0 Å². The van der Waals surface area contributed by atoms with Crippen molar-refractivity contribution in [3.05, 3.63) is 92.7 Å². The summed E-state index contributed by atoms with van der Waals surface area (Å²) in [7, 11) is 0. The number of carbonyl (C=O) groups is 1. The fraction of sp³-hybridized carbons (Fsp3) is 0.0526. The Hall–Kier alpha value is -2.07. The molecule has 2 aromatic carbocycles. The Balaban J connectivity index is 1.86. The molecule has 0 spiro atoms. The van der Waals surface area contributed by atoms with Gasteiger partial charge in [-0.05, 0) is 29.8 Å². The number of aromatic nitrogens is 1. The fourth-order valence-corrected chi connectivity index (χ4v) is 2.76. The van der Waals surface area contributed by atoms with Crippen LogP contribution in [0.15, 0.2) is 60.8 Å². The lowest BCUT2D eigenvalue weighted by atomic mass is 10.0. The van der Waals surface area contributed by atoms with E-state index in [1.165, 1.54) is 12.3 Å². The molecule has 0 bridgehead atoms. The van der Waals surface area contributed by atoms with Gasteiger partial charge in [-0.3, -0.25) is 0 Å². The fourth-order valence-electron chi connectivity index (χ4n) is 2.29. The van der Waals surface area contributed by atoms with Gasteiger partial charge in [0, 0.05) is 23.2 Å². The lowest BCUT2D eigenvalue weighted by Gasteiger charge is -2.11. The molecule has 0 N–H and O–H groups in total. The summed E-state index contributed by atoms with van der Waals surface area (Å²) in [6, 6.07) is 16.4. The highest BCUT2D eigenvalue weighted by atomic mass is 35.5. The Morgan fingerprint density at radius 2 is 1.76 bits per heavy atom. The highest BCUT2D eigenvalue weighted by Crippen LogP contribution is 2.27. The van der Waals surface area contributed by atoms with Gasteiger partial charge < -0.3 is 4.74 Å². The molecule has 25 heavy (non-hydrogen) atoms. The summed E-state index contributed by atoms with van der Waals surface area (Å²) in [6.45, 7) is 0. The summed E-state index contributed by atoms with van der Waals surface area (Å²) in [6.07, 6.45) is 1.91. The van der Waals surface area contributed by atoms with E-state index in [0.717, 1.165) is 11.1 Å². The lowest BCUT2D eigenvalue weighted by molar-refractivity contribution is 0.0733. The molecule has 1 heterocycles. The van der Waals surface area contributed by atoms with Crippen LogP contribution < -0.4 is 4.74 Å². The van der Waals surface area contributed by atoms with Crippen molar-refractivity contribution < 1.29 is 9.53 Å². The molecule has 3 rings (SSSR count). The first kappa shape index (κ1) is 17.7. The van der Waals surface area contributed by atoms with Crippen molar-refractivity contribution in [2.24, 2.45) is 0 Å². The number of nitrogens with zero attached hydrogens (tertiary/aromatic N) is 1. The number of esters is 1. The number of carbonyl (C=O) groups excluding carboxylic acids is 1. The van der Waals surface area contributed by atoms with Crippen LogP contribution in [0.25, 0.3) is 0 Å². The van der Waals surface area contributed by atoms with E-state index < -0.39 is 5.97 Å². The van der Waals surface area contributed by atoms with Gasteiger partial charge in [0.25, 0.3) is 0 Å². The molecule has 0 atom stereocenters. The zero-order chi connectivity index (χ0) is 17.8. The first-order valence-corrected chi connectivity index (χ1v) is 8.52. The van der Waals surface area contributed by atoms with Gasteiger partial charge in [-0.2, -0.15) is 0 Å². The second kappa shape index (κ2) is 7.87. The third-order valence-electron chi connectivity index (χ3n) is 3.49. The van der Waals surface area contributed by atoms with Crippen LogP contribution >= 0.6 is 34.8 Å². The van der Waals surface area contributed by atoms with E-state index >= 15 is 0 Å². The summed E-state index contributed by atoms with van der Waals surface area (Å²) in [5.41, 5.74) is 2.10. The average Bonchev–Trinajstić information content (AvgIpc) is 2.60. The molecule has 0 radical (unpaired) electrons. The number of rotatable bonds is 4. The van der Waals surface area contributed by atoms with Crippen LogP contribution in [0.4, 0.5) is 0 Å². The van der Waals surface area contributed by atoms with Gasteiger partial charge in [-0.25, -0.2) is 9.78 Å². The first-order valence-electron chi connectivity index (χ1n) is 7.38. The molecule has 0 saturated heterocycles. The molecule has 0 amide bonds. The van der Waals surface area contributed by atoms with Crippen molar-refractivity contribution in [1.29, 1.82) is 0 Å². The molecular formula is C19H12Cl3NO2. The standard InChI is InChI=1S/C19H12Cl3NO2/c20-15-6-7-17(13(9-15)8-12-4-2-1-3-5-12)25-19(24)14-10-16(21)18(22)23-11-14/h1-7,9-11H,8H2. The van der Waals surface area contributed by atoms with Crippen LogP contribution in [-0.2, 0) is 6.42 Å². The van der Waals surface area contributed by atoms with Crippen molar-refractivity contribution in [2.45, 2.75) is 6.42 Å². The Kier molecular flexibility index (Phi) is 5.59. The molecule has 6 heteroatoms. The first-order chi connectivity index (χ1) is 12.0. The van der Waals surface area contributed by atoms with Crippen molar-refractivity contribution in [3.63, 3.8) is 0 Å². The van der Waals surface area contributed by atoms with E-state index in [9.17, 15) is 4.79 Å². The van der Waals surface area contributed by atoms with Crippen molar-refractivity contribution in [3.8, 4) is 5.75 Å². The predicted octanol–water partition coefficient (Wildman–Crippen LogP) is 5.85. The number of hydrogen-bond acceptors (Lipinski definition) is 3. The minimum absolute atomic E-state index is 0.134. The topological polar surface area (TPSA) is 39.2 Å². The normalized spacial score (nSPS) is 10.5. The zero-order valence-corrected chi connectivity index (χ0v) is 15.1. The Morgan fingerprint density at radius 1 is 1.00 bits per heavy atom. The van der Waals surface area contributed by atoms with E-state index in [4.69, 9.17) is 39.5 Å². The third-order valence-corrected chi connectivity index (χ3v) is 4.42. The molecule has 0 aliphatic heterocycles. The van der Waals surface area contributed by atoms with Crippen molar-refractivity contribution in [1.82, 2.24) is 4.98 Å². The smallest absolute Gasteiger partial charge is 0.345 e. The van der Waals surface area contributed by atoms with Crippen LogP contribution in [0.5, 0.6) is 5.75 Å². The number of benzene rings is 2. The Labute approximate surface area is 160 Å². The molecule has 1 aromatic heterocycles. The monoisotopic (exact) mass is 391 g/mol. The second-order valence-electron chi connectivity index (χ2n) is 5.30. The van der Waals surface area contributed by atoms with Crippen molar-refractivity contribution >= 4 is 40.8 Å². The average molecular weight is 393 g/mol. The maximum absolute atomic E-state index is 12.4. The molecule has 0 saturated carbocycles. The summed E-state index contributed by atoms with van der Waals surface area (Å²) in [4.78, 5) is 16.2. The van der Waals surface area contributed by atoms with Gasteiger partial charge in [0.15, 0.2) is 0 Å². The van der Waals surface area contributed by atoms with E-state index in [1.54, 1.807) is 18.2 Å². The molecular weight excluding hydrogens is 381 g/mol. The van der Waals surface area contributed by atoms with Crippen LogP contribution in [0.3, 0.4) is 0 Å². The van der Waals surface area contributed by atoms with Crippen LogP contribution in [0.1, 0.15) is 21.5 Å². The highest BCUT2D eigenvalue weighted by molar-refractivity contribution is 6.41. The number of hydrogen-bond donors (Lipinski definition) is 0. The van der Waals surface area contributed by atoms with Crippen LogP contribution in [0.2, 0.25) is 15.2 Å². The van der Waals surface area contributed by atoms with Gasteiger partial charge in [0.2, 0.25) is 0 Å². The van der Waals surface area contributed by atoms with Crippen LogP contribution in [0, 0.1) is 0 Å². The molecule has 0 fully saturated rings. The number of pyridine rings is 1. The van der Waals surface area contributed by atoms with E-state index in [0.29, 0.717) is 17.2 Å². The molecule has 0 aliphatic rings. The molecule has 3 aromatic rings. The van der Waals surface area contributed by atoms with Gasteiger partial charge >= 0.3 is 5.97 Å². The van der Waals surface area contributed by atoms with E-state index in [1.807, 2.05) is 30.3 Å². The maximum atomic E-state index is 12.4.